The van der Waals surface area contributed by atoms with Crippen molar-refractivity contribution < 1.29 is 0 Å². The van der Waals surface area contributed by atoms with Gasteiger partial charge in [-0.3, -0.25) is 4.90 Å². The minimum Gasteiger partial charge on any atom is -0.312 e. The topological polar surface area (TPSA) is 15.3 Å². The van der Waals surface area contributed by atoms with Gasteiger partial charge >= 0.3 is 0 Å². The average molecular weight is 168 g/mol. The number of hydrogen-bond acceptors (Lipinski definition) is 2. The van der Waals surface area contributed by atoms with Crippen LogP contribution >= 0.6 is 0 Å². The number of likely N-dealkylation sites (tertiary alicyclic amines) is 1. The smallest absolute Gasteiger partial charge is 0.0253 e. The van der Waals surface area contributed by atoms with Crippen molar-refractivity contribution >= 4 is 0 Å². The molecule has 0 radical (unpaired) electrons. The Hall–Kier alpha value is -0.0800. The Morgan fingerprint density at radius 2 is 2.17 bits per heavy atom. The molecule has 70 valence electrons. The highest BCUT2D eigenvalue weighted by Crippen LogP contribution is 2.26. The highest BCUT2D eigenvalue weighted by molar-refractivity contribution is 4.95. The number of hydrogen-bond donors (Lipinski definition) is 1. The summed E-state index contributed by atoms with van der Waals surface area (Å²) in [5.74, 6) is 0. The van der Waals surface area contributed by atoms with Crippen molar-refractivity contribution in [2.75, 3.05) is 13.1 Å². The summed E-state index contributed by atoms with van der Waals surface area (Å²) in [6.07, 6.45) is 4.14. The third kappa shape index (κ3) is 1.38. The van der Waals surface area contributed by atoms with E-state index in [1.807, 2.05) is 0 Å². The van der Waals surface area contributed by atoms with Crippen LogP contribution in [0.15, 0.2) is 0 Å². The van der Waals surface area contributed by atoms with Crippen molar-refractivity contribution in [3.05, 3.63) is 0 Å². The molecular formula is C10H20N2. The van der Waals surface area contributed by atoms with Crippen LogP contribution < -0.4 is 5.32 Å². The molecule has 2 heterocycles. The SMILES string of the molecule is CC(C)N1CC[C@@H]2NCCC[C@@H]21. The zero-order chi connectivity index (χ0) is 8.55. The molecule has 12 heavy (non-hydrogen) atoms. The molecule has 0 aromatic heterocycles. The van der Waals surface area contributed by atoms with Crippen molar-refractivity contribution in [2.24, 2.45) is 0 Å². The molecule has 0 bridgehead atoms. The van der Waals surface area contributed by atoms with Crippen molar-refractivity contribution in [1.82, 2.24) is 10.2 Å². The molecule has 2 heteroatoms. The summed E-state index contributed by atoms with van der Waals surface area (Å²) in [6.45, 7) is 7.18. The number of piperidine rings is 1. The lowest BCUT2D eigenvalue weighted by Gasteiger charge is -2.34. The maximum absolute atomic E-state index is 3.62. The molecule has 0 aromatic rings. The van der Waals surface area contributed by atoms with Gasteiger partial charge in [-0.15, -0.1) is 0 Å². The lowest BCUT2D eigenvalue weighted by atomic mass is 9.99. The predicted octanol–water partition coefficient (Wildman–Crippen LogP) is 1.22. The molecule has 0 amide bonds. The fourth-order valence-corrected chi connectivity index (χ4v) is 2.72. The fourth-order valence-electron chi connectivity index (χ4n) is 2.72. The molecule has 2 saturated heterocycles. The third-order valence-electron chi connectivity index (χ3n) is 3.34. The maximum atomic E-state index is 3.62. The lowest BCUT2D eigenvalue weighted by Crippen LogP contribution is -2.48. The van der Waals surface area contributed by atoms with E-state index in [1.54, 1.807) is 0 Å². The van der Waals surface area contributed by atoms with Gasteiger partial charge in [0, 0.05) is 24.7 Å². The molecule has 0 spiro atoms. The third-order valence-corrected chi connectivity index (χ3v) is 3.34. The van der Waals surface area contributed by atoms with Gasteiger partial charge in [-0.1, -0.05) is 0 Å². The Labute approximate surface area is 75.3 Å². The van der Waals surface area contributed by atoms with E-state index < -0.39 is 0 Å². The van der Waals surface area contributed by atoms with E-state index in [-0.39, 0.29) is 0 Å². The molecular weight excluding hydrogens is 148 g/mol. The summed E-state index contributed by atoms with van der Waals surface area (Å²) in [5.41, 5.74) is 0. The van der Waals surface area contributed by atoms with E-state index in [2.05, 4.69) is 24.1 Å². The van der Waals surface area contributed by atoms with Gasteiger partial charge in [-0.25, -0.2) is 0 Å². The van der Waals surface area contributed by atoms with Gasteiger partial charge in [0.1, 0.15) is 0 Å². The van der Waals surface area contributed by atoms with E-state index in [9.17, 15) is 0 Å². The van der Waals surface area contributed by atoms with Crippen molar-refractivity contribution in [3.8, 4) is 0 Å². The van der Waals surface area contributed by atoms with Crippen LogP contribution in [0.3, 0.4) is 0 Å². The summed E-state index contributed by atoms with van der Waals surface area (Å²) in [6, 6.07) is 2.39. The number of nitrogens with zero attached hydrogens (tertiary/aromatic N) is 1. The summed E-state index contributed by atoms with van der Waals surface area (Å²) in [4.78, 5) is 2.66. The van der Waals surface area contributed by atoms with Crippen LogP contribution in [0.2, 0.25) is 0 Å². The Bertz CT molecular complexity index is 156. The van der Waals surface area contributed by atoms with Crippen LogP contribution in [-0.4, -0.2) is 36.1 Å². The number of rotatable bonds is 1. The van der Waals surface area contributed by atoms with Gasteiger partial charge in [-0.2, -0.15) is 0 Å². The van der Waals surface area contributed by atoms with E-state index in [4.69, 9.17) is 0 Å². The maximum Gasteiger partial charge on any atom is 0.0253 e. The van der Waals surface area contributed by atoms with Gasteiger partial charge < -0.3 is 5.32 Å². The highest BCUT2D eigenvalue weighted by atomic mass is 15.2. The van der Waals surface area contributed by atoms with Crippen molar-refractivity contribution in [2.45, 2.75) is 51.2 Å². The second kappa shape index (κ2) is 3.35. The molecule has 0 unspecified atom stereocenters. The molecule has 0 aliphatic carbocycles. The molecule has 1 N–H and O–H groups in total. The first kappa shape index (κ1) is 8.52. The van der Waals surface area contributed by atoms with E-state index in [0.717, 1.165) is 18.1 Å². The normalized spacial score (nSPS) is 37.2. The first-order valence-electron chi connectivity index (χ1n) is 5.28. The minimum absolute atomic E-state index is 0.736. The molecule has 2 rings (SSSR count). The summed E-state index contributed by atoms with van der Waals surface area (Å²) in [5, 5.41) is 3.62. The lowest BCUT2D eigenvalue weighted by molar-refractivity contribution is 0.164. The Kier molecular flexibility index (Phi) is 2.37. The zero-order valence-corrected chi connectivity index (χ0v) is 8.21. The van der Waals surface area contributed by atoms with Gasteiger partial charge in [0.05, 0.1) is 0 Å². The molecule has 2 aliphatic heterocycles. The zero-order valence-electron chi connectivity index (χ0n) is 8.21. The van der Waals surface area contributed by atoms with E-state index in [0.29, 0.717) is 0 Å². The first-order chi connectivity index (χ1) is 5.79. The summed E-state index contributed by atoms with van der Waals surface area (Å²) < 4.78 is 0. The average Bonchev–Trinajstić information content (AvgIpc) is 2.47. The molecule has 0 saturated carbocycles. The quantitative estimate of drug-likeness (QED) is 0.633. The second-order valence-corrected chi connectivity index (χ2v) is 4.39. The van der Waals surface area contributed by atoms with E-state index in [1.165, 1.54) is 32.4 Å². The van der Waals surface area contributed by atoms with Gasteiger partial charge in [0.25, 0.3) is 0 Å². The Morgan fingerprint density at radius 3 is 2.92 bits per heavy atom. The Balaban J connectivity index is 2.01. The summed E-state index contributed by atoms with van der Waals surface area (Å²) in [7, 11) is 0. The standard InChI is InChI=1S/C10H20N2/c1-8(2)12-7-5-9-10(12)4-3-6-11-9/h8-11H,3-7H2,1-2H3/t9-,10-/m0/s1. The van der Waals surface area contributed by atoms with Crippen LogP contribution in [0.1, 0.15) is 33.1 Å². The van der Waals surface area contributed by atoms with Crippen LogP contribution in [-0.2, 0) is 0 Å². The first-order valence-corrected chi connectivity index (χ1v) is 5.28. The van der Waals surface area contributed by atoms with Crippen LogP contribution in [0, 0.1) is 0 Å². The van der Waals surface area contributed by atoms with E-state index >= 15 is 0 Å². The minimum atomic E-state index is 0.736. The molecule has 2 fully saturated rings. The second-order valence-electron chi connectivity index (χ2n) is 4.39. The monoisotopic (exact) mass is 168 g/mol. The Morgan fingerprint density at radius 1 is 1.33 bits per heavy atom. The molecule has 2 nitrogen and oxygen atoms in total. The van der Waals surface area contributed by atoms with Gasteiger partial charge in [0.15, 0.2) is 0 Å². The van der Waals surface area contributed by atoms with Gasteiger partial charge in [-0.05, 0) is 39.7 Å². The predicted molar refractivity (Wildman–Crippen MR) is 51.3 cm³/mol. The molecule has 2 atom stereocenters. The highest BCUT2D eigenvalue weighted by Gasteiger charge is 2.36. The van der Waals surface area contributed by atoms with Crippen LogP contribution in [0.4, 0.5) is 0 Å². The largest absolute Gasteiger partial charge is 0.312 e. The fraction of sp³-hybridized carbons (Fsp3) is 1.00. The van der Waals surface area contributed by atoms with Crippen LogP contribution in [0.5, 0.6) is 0 Å². The molecule has 2 aliphatic rings. The van der Waals surface area contributed by atoms with Gasteiger partial charge in [0.2, 0.25) is 0 Å². The number of nitrogens with one attached hydrogen (secondary N) is 1. The summed E-state index contributed by atoms with van der Waals surface area (Å²) >= 11 is 0. The number of fused-ring (bicyclic) bond motifs is 1. The van der Waals surface area contributed by atoms with Crippen molar-refractivity contribution in [3.63, 3.8) is 0 Å². The van der Waals surface area contributed by atoms with Crippen molar-refractivity contribution in [1.29, 1.82) is 0 Å². The van der Waals surface area contributed by atoms with Crippen LogP contribution in [0.25, 0.3) is 0 Å². The molecule has 0 aromatic carbocycles.